The van der Waals surface area contributed by atoms with Crippen LogP contribution in [-0.2, 0) is 4.74 Å². The molecule has 20 heavy (non-hydrogen) atoms. The fourth-order valence-corrected chi connectivity index (χ4v) is 3.12. The second-order valence-electron chi connectivity index (χ2n) is 4.03. The van der Waals surface area contributed by atoms with Crippen LogP contribution in [-0.4, -0.2) is 12.6 Å². The summed E-state index contributed by atoms with van der Waals surface area (Å²) < 4.78 is 6.01. The molecule has 0 fully saturated rings. The maximum atomic E-state index is 11.8. The van der Waals surface area contributed by atoms with E-state index in [2.05, 4.69) is 15.9 Å². The summed E-state index contributed by atoms with van der Waals surface area (Å²) in [6.45, 7) is 2.11. The first kappa shape index (κ1) is 14.9. The number of benzene rings is 2. The van der Waals surface area contributed by atoms with Crippen molar-refractivity contribution in [2.45, 2.75) is 16.7 Å². The molecular formula is C15H14BrNO2S. The fourth-order valence-electron chi connectivity index (χ4n) is 1.65. The fraction of sp³-hybridized carbons (Fsp3) is 0.133. The zero-order chi connectivity index (χ0) is 14.5. The second kappa shape index (κ2) is 6.81. The Labute approximate surface area is 130 Å². The molecule has 0 saturated heterocycles. The summed E-state index contributed by atoms with van der Waals surface area (Å²) in [4.78, 5) is 13.8. The Morgan fingerprint density at radius 2 is 2.00 bits per heavy atom. The molecule has 0 aromatic heterocycles. The molecule has 104 valence electrons. The average molecular weight is 352 g/mol. The minimum atomic E-state index is -0.387. The van der Waals surface area contributed by atoms with Crippen molar-refractivity contribution >= 4 is 39.3 Å². The molecule has 2 rings (SSSR count). The number of hydrogen-bond acceptors (Lipinski definition) is 4. The van der Waals surface area contributed by atoms with E-state index < -0.39 is 0 Å². The largest absolute Gasteiger partial charge is 0.462 e. The van der Waals surface area contributed by atoms with Crippen molar-refractivity contribution in [3.63, 3.8) is 0 Å². The summed E-state index contributed by atoms with van der Waals surface area (Å²) in [5.74, 6) is -0.387. The van der Waals surface area contributed by atoms with Gasteiger partial charge in [-0.15, -0.1) is 0 Å². The standard InChI is InChI=1S/C15H14BrNO2S/c1-2-19-15(18)13-9-12(6-7-14(13)17)20-11-5-3-4-10(16)8-11/h3-9H,2,17H2,1H3. The molecule has 0 saturated carbocycles. The van der Waals surface area contributed by atoms with Crippen LogP contribution in [0.4, 0.5) is 5.69 Å². The Morgan fingerprint density at radius 1 is 1.25 bits per heavy atom. The third-order valence-electron chi connectivity index (χ3n) is 2.55. The van der Waals surface area contributed by atoms with E-state index in [1.54, 1.807) is 30.8 Å². The molecule has 0 radical (unpaired) electrons. The number of anilines is 1. The molecule has 0 amide bonds. The lowest BCUT2D eigenvalue weighted by Crippen LogP contribution is -2.07. The van der Waals surface area contributed by atoms with Crippen molar-refractivity contribution in [2.24, 2.45) is 0 Å². The van der Waals surface area contributed by atoms with Gasteiger partial charge in [0.1, 0.15) is 0 Å². The summed E-state index contributed by atoms with van der Waals surface area (Å²) in [7, 11) is 0. The molecule has 2 aromatic carbocycles. The van der Waals surface area contributed by atoms with E-state index in [1.807, 2.05) is 30.3 Å². The molecule has 0 aliphatic rings. The molecule has 0 aliphatic heterocycles. The molecule has 3 nitrogen and oxygen atoms in total. The van der Waals surface area contributed by atoms with Gasteiger partial charge < -0.3 is 10.5 Å². The molecule has 0 aliphatic carbocycles. The number of esters is 1. The van der Waals surface area contributed by atoms with E-state index in [0.29, 0.717) is 17.9 Å². The lowest BCUT2D eigenvalue weighted by Gasteiger charge is -2.08. The predicted octanol–water partition coefficient (Wildman–Crippen LogP) is 4.36. The number of nitrogens with two attached hydrogens (primary N) is 1. The first-order chi connectivity index (χ1) is 9.60. The van der Waals surface area contributed by atoms with Gasteiger partial charge in [0, 0.05) is 20.0 Å². The van der Waals surface area contributed by atoms with Gasteiger partial charge in [-0.05, 0) is 43.3 Å². The number of halogens is 1. The second-order valence-corrected chi connectivity index (χ2v) is 6.09. The topological polar surface area (TPSA) is 52.3 Å². The Bertz CT molecular complexity index is 631. The van der Waals surface area contributed by atoms with Gasteiger partial charge >= 0.3 is 5.97 Å². The van der Waals surface area contributed by atoms with Crippen molar-refractivity contribution in [2.75, 3.05) is 12.3 Å². The minimum Gasteiger partial charge on any atom is -0.462 e. The van der Waals surface area contributed by atoms with Gasteiger partial charge in [-0.2, -0.15) is 0 Å². The molecule has 0 heterocycles. The Morgan fingerprint density at radius 3 is 2.70 bits per heavy atom. The zero-order valence-electron chi connectivity index (χ0n) is 10.9. The van der Waals surface area contributed by atoms with Crippen molar-refractivity contribution in [1.29, 1.82) is 0 Å². The van der Waals surface area contributed by atoms with Gasteiger partial charge in [-0.25, -0.2) is 4.79 Å². The van der Waals surface area contributed by atoms with Crippen molar-refractivity contribution < 1.29 is 9.53 Å². The third-order valence-corrected chi connectivity index (χ3v) is 4.02. The van der Waals surface area contributed by atoms with Crippen LogP contribution in [0.2, 0.25) is 0 Å². The van der Waals surface area contributed by atoms with E-state index in [4.69, 9.17) is 10.5 Å². The van der Waals surface area contributed by atoms with Crippen LogP contribution in [0.25, 0.3) is 0 Å². The van der Waals surface area contributed by atoms with Gasteiger partial charge in [0.05, 0.1) is 12.2 Å². The molecule has 0 spiro atoms. The Balaban J connectivity index is 2.25. The Kier molecular flexibility index (Phi) is 5.09. The summed E-state index contributed by atoms with van der Waals surface area (Å²) in [6.07, 6.45) is 0. The van der Waals surface area contributed by atoms with E-state index in [-0.39, 0.29) is 5.97 Å². The number of ether oxygens (including phenoxy) is 1. The highest BCUT2D eigenvalue weighted by molar-refractivity contribution is 9.10. The lowest BCUT2D eigenvalue weighted by atomic mass is 10.2. The molecule has 0 atom stereocenters. The molecular weight excluding hydrogens is 338 g/mol. The van der Waals surface area contributed by atoms with E-state index >= 15 is 0 Å². The SMILES string of the molecule is CCOC(=O)c1cc(Sc2cccc(Br)c2)ccc1N. The Hall–Kier alpha value is -1.46. The van der Waals surface area contributed by atoms with Crippen LogP contribution in [0.3, 0.4) is 0 Å². The van der Waals surface area contributed by atoms with Gasteiger partial charge in [0.15, 0.2) is 0 Å². The summed E-state index contributed by atoms with van der Waals surface area (Å²) in [6, 6.07) is 13.4. The van der Waals surface area contributed by atoms with Crippen LogP contribution in [0.5, 0.6) is 0 Å². The van der Waals surface area contributed by atoms with Crippen LogP contribution in [0.1, 0.15) is 17.3 Å². The maximum absolute atomic E-state index is 11.8. The highest BCUT2D eigenvalue weighted by Gasteiger charge is 2.12. The molecule has 2 aromatic rings. The predicted molar refractivity (Wildman–Crippen MR) is 85.1 cm³/mol. The number of carbonyl (C=O) groups is 1. The quantitative estimate of drug-likeness (QED) is 0.656. The van der Waals surface area contributed by atoms with Gasteiger partial charge in [-0.1, -0.05) is 33.8 Å². The first-order valence-corrected chi connectivity index (χ1v) is 7.71. The number of rotatable bonds is 4. The van der Waals surface area contributed by atoms with Crippen molar-refractivity contribution in [3.8, 4) is 0 Å². The first-order valence-electron chi connectivity index (χ1n) is 6.10. The highest BCUT2D eigenvalue weighted by atomic mass is 79.9. The van der Waals surface area contributed by atoms with Crippen LogP contribution in [0.15, 0.2) is 56.7 Å². The molecule has 2 N–H and O–H groups in total. The normalized spacial score (nSPS) is 10.3. The smallest absolute Gasteiger partial charge is 0.340 e. The van der Waals surface area contributed by atoms with Gasteiger partial charge in [-0.3, -0.25) is 0 Å². The maximum Gasteiger partial charge on any atom is 0.340 e. The van der Waals surface area contributed by atoms with E-state index in [9.17, 15) is 4.79 Å². The van der Waals surface area contributed by atoms with Crippen molar-refractivity contribution in [1.82, 2.24) is 0 Å². The average Bonchev–Trinajstić information content (AvgIpc) is 2.41. The van der Waals surface area contributed by atoms with Gasteiger partial charge in [0.25, 0.3) is 0 Å². The summed E-state index contributed by atoms with van der Waals surface area (Å²) in [5.41, 5.74) is 6.66. The number of nitrogen functional groups attached to an aromatic ring is 1. The molecule has 0 bridgehead atoms. The van der Waals surface area contributed by atoms with Crippen LogP contribution < -0.4 is 5.73 Å². The number of carbonyl (C=O) groups excluding carboxylic acids is 1. The van der Waals surface area contributed by atoms with E-state index in [0.717, 1.165) is 14.3 Å². The van der Waals surface area contributed by atoms with Crippen molar-refractivity contribution in [3.05, 3.63) is 52.5 Å². The summed E-state index contributed by atoms with van der Waals surface area (Å²) >= 11 is 5.00. The molecule has 5 heteroatoms. The summed E-state index contributed by atoms with van der Waals surface area (Å²) in [5, 5.41) is 0. The number of hydrogen-bond donors (Lipinski definition) is 1. The minimum absolute atomic E-state index is 0.335. The van der Waals surface area contributed by atoms with Gasteiger partial charge in [0.2, 0.25) is 0 Å². The highest BCUT2D eigenvalue weighted by Crippen LogP contribution is 2.31. The monoisotopic (exact) mass is 351 g/mol. The third kappa shape index (κ3) is 3.77. The van der Waals surface area contributed by atoms with Crippen LogP contribution in [0, 0.1) is 0 Å². The zero-order valence-corrected chi connectivity index (χ0v) is 13.3. The van der Waals surface area contributed by atoms with E-state index in [1.165, 1.54) is 0 Å². The van der Waals surface area contributed by atoms with Crippen LogP contribution >= 0.6 is 27.7 Å². The molecule has 0 unspecified atom stereocenters. The lowest BCUT2D eigenvalue weighted by molar-refractivity contribution is 0.0527.